The fourth-order valence-electron chi connectivity index (χ4n) is 2.81. The Balaban J connectivity index is 2.35. The molecule has 1 saturated heterocycles. The number of halogens is 3. The van der Waals surface area contributed by atoms with Crippen LogP contribution in [0, 0.1) is 5.92 Å². The monoisotopic (exact) mass is 300 g/mol. The van der Waals surface area contributed by atoms with Crippen molar-refractivity contribution in [3.8, 4) is 0 Å². The second-order valence-electron chi connectivity index (χ2n) is 5.75. The molecule has 0 saturated carbocycles. The van der Waals surface area contributed by atoms with E-state index in [0.717, 1.165) is 31.0 Å². The minimum Gasteiger partial charge on any atom is -0.398 e. The van der Waals surface area contributed by atoms with E-state index >= 15 is 0 Å². The number of hydrogen-bond donors (Lipinski definition) is 1. The van der Waals surface area contributed by atoms with E-state index in [-0.39, 0.29) is 23.2 Å². The summed E-state index contributed by atoms with van der Waals surface area (Å²) >= 11 is 0. The van der Waals surface area contributed by atoms with Gasteiger partial charge in [0.2, 0.25) is 0 Å². The minimum atomic E-state index is -4.48. The zero-order valence-electron chi connectivity index (χ0n) is 12.1. The van der Waals surface area contributed by atoms with Crippen LogP contribution in [-0.4, -0.2) is 23.4 Å². The molecule has 2 rings (SSSR count). The van der Waals surface area contributed by atoms with Crippen LogP contribution in [0.3, 0.4) is 0 Å². The van der Waals surface area contributed by atoms with Gasteiger partial charge < -0.3 is 10.6 Å². The Bertz CT molecular complexity index is 540. The van der Waals surface area contributed by atoms with Crippen LogP contribution in [0.15, 0.2) is 18.2 Å². The minimum absolute atomic E-state index is 0.0580. The van der Waals surface area contributed by atoms with E-state index < -0.39 is 17.6 Å². The Morgan fingerprint density at radius 1 is 1.38 bits per heavy atom. The van der Waals surface area contributed by atoms with Crippen molar-refractivity contribution in [1.29, 1.82) is 0 Å². The van der Waals surface area contributed by atoms with E-state index in [2.05, 4.69) is 0 Å². The lowest BCUT2D eigenvalue weighted by atomic mass is 10.0. The van der Waals surface area contributed by atoms with E-state index in [9.17, 15) is 18.0 Å². The normalized spacial score (nSPS) is 19.3. The summed E-state index contributed by atoms with van der Waals surface area (Å²) in [6, 6.07) is 2.96. The Morgan fingerprint density at radius 2 is 2.05 bits per heavy atom. The molecule has 0 bridgehead atoms. The number of alkyl halides is 3. The van der Waals surface area contributed by atoms with E-state index in [1.165, 1.54) is 0 Å². The van der Waals surface area contributed by atoms with E-state index in [4.69, 9.17) is 5.73 Å². The fourth-order valence-corrected chi connectivity index (χ4v) is 2.81. The van der Waals surface area contributed by atoms with Crippen molar-refractivity contribution < 1.29 is 18.0 Å². The van der Waals surface area contributed by atoms with Gasteiger partial charge in [0.05, 0.1) is 11.1 Å². The zero-order chi connectivity index (χ0) is 15.8. The molecule has 2 N–H and O–H groups in total. The first-order valence-corrected chi connectivity index (χ1v) is 6.99. The lowest BCUT2D eigenvalue weighted by Gasteiger charge is -2.28. The highest BCUT2D eigenvalue weighted by atomic mass is 19.4. The van der Waals surface area contributed by atoms with Crippen LogP contribution in [0.4, 0.5) is 18.9 Å². The van der Waals surface area contributed by atoms with Crippen LogP contribution in [0.25, 0.3) is 0 Å². The summed E-state index contributed by atoms with van der Waals surface area (Å²) in [6.45, 7) is 4.58. The fraction of sp³-hybridized carbons (Fsp3) is 0.533. The second kappa shape index (κ2) is 5.58. The van der Waals surface area contributed by atoms with Gasteiger partial charge in [0.1, 0.15) is 0 Å². The number of nitrogens with zero attached hydrogens (tertiary/aromatic N) is 1. The van der Waals surface area contributed by atoms with Gasteiger partial charge in [0, 0.05) is 18.3 Å². The van der Waals surface area contributed by atoms with Crippen molar-refractivity contribution in [2.24, 2.45) is 5.92 Å². The number of nitrogens with two attached hydrogens (primary N) is 1. The topological polar surface area (TPSA) is 46.3 Å². The molecule has 0 aliphatic carbocycles. The number of hydrogen-bond acceptors (Lipinski definition) is 2. The van der Waals surface area contributed by atoms with Crippen LogP contribution in [0.5, 0.6) is 0 Å². The third-order valence-corrected chi connectivity index (χ3v) is 3.94. The summed E-state index contributed by atoms with van der Waals surface area (Å²) in [5.41, 5.74) is 4.89. The quantitative estimate of drug-likeness (QED) is 0.849. The van der Waals surface area contributed by atoms with Crippen LogP contribution in [-0.2, 0) is 6.18 Å². The highest BCUT2D eigenvalue weighted by molar-refractivity contribution is 5.99. The van der Waals surface area contributed by atoms with Crippen LogP contribution in [0.2, 0.25) is 0 Å². The van der Waals surface area contributed by atoms with Gasteiger partial charge in [0.25, 0.3) is 5.91 Å². The van der Waals surface area contributed by atoms with Gasteiger partial charge in [-0.15, -0.1) is 0 Å². The highest BCUT2D eigenvalue weighted by Gasteiger charge is 2.35. The highest BCUT2D eigenvalue weighted by Crippen LogP contribution is 2.33. The molecule has 1 aromatic carbocycles. The summed E-state index contributed by atoms with van der Waals surface area (Å²) in [6.07, 6.45) is -2.74. The smallest absolute Gasteiger partial charge is 0.398 e. The van der Waals surface area contributed by atoms with Gasteiger partial charge in [-0.25, -0.2) is 0 Å². The molecule has 3 nitrogen and oxygen atoms in total. The molecule has 1 heterocycles. The first-order chi connectivity index (χ1) is 9.71. The third-order valence-electron chi connectivity index (χ3n) is 3.94. The van der Waals surface area contributed by atoms with Crippen molar-refractivity contribution in [2.45, 2.75) is 38.9 Å². The summed E-state index contributed by atoms with van der Waals surface area (Å²) in [4.78, 5) is 14.2. The second-order valence-corrected chi connectivity index (χ2v) is 5.75. The zero-order valence-corrected chi connectivity index (χ0v) is 12.1. The number of benzene rings is 1. The number of amides is 1. The lowest BCUT2D eigenvalue weighted by Crippen LogP contribution is -2.38. The first kappa shape index (κ1) is 15.7. The van der Waals surface area contributed by atoms with Crippen molar-refractivity contribution >= 4 is 11.6 Å². The van der Waals surface area contributed by atoms with Crippen LogP contribution >= 0.6 is 0 Å². The molecule has 1 unspecified atom stereocenters. The molecule has 1 atom stereocenters. The molecule has 1 aliphatic heterocycles. The Kier molecular flexibility index (Phi) is 4.16. The molecule has 116 valence electrons. The standard InChI is InChI=1S/C15H19F3N2O/c1-9(2)13-4-3-7-20(13)14(21)11-8-10(15(16,17)18)5-6-12(11)19/h5-6,8-9,13H,3-4,7,19H2,1-2H3. The molecule has 1 aromatic rings. The molecule has 0 radical (unpaired) electrons. The van der Waals surface area contributed by atoms with Crippen LogP contribution in [0.1, 0.15) is 42.6 Å². The number of likely N-dealkylation sites (tertiary alicyclic amines) is 1. The largest absolute Gasteiger partial charge is 0.416 e. The molecular weight excluding hydrogens is 281 g/mol. The number of rotatable bonds is 2. The molecule has 0 spiro atoms. The SMILES string of the molecule is CC(C)C1CCCN1C(=O)c1cc(C(F)(F)F)ccc1N. The van der Waals surface area contributed by atoms with Gasteiger partial charge in [-0.1, -0.05) is 13.8 Å². The summed E-state index contributed by atoms with van der Waals surface area (Å²) in [5, 5.41) is 0. The molecule has 21 heavy (non-hydrogen) atoms. The Morgan fingerprint density at radius 3 is 2.62 bits per heavy atom. The number of anilines is 1. The number of carbonyl (C=O) groups is 1. The van der Waals surface area contributed by atoms with Gasteiger partial charge in [0.15, 0.2) is 0 Å². The summed E-state index contributed by atoms with van der Waals surface area (Å²) < 4.78 is 38.3. The van der Waals surface area contributed by atoms with Gasteiger partial charge in [-0.05, 0) is 37.0 Å². The van der Waals surface area contributed by atoms with Gasteiger partial charge >= 0.3 is 6.18 Å². The predicted octanol–water partition coefficient (Wildman–Crippen LogP) is 3.55. The van der Waals surface area contributed by atoms with Gasteiger partial charge in [-0.3, -0.25) is 4.79 Å². The van der Waals surface area contributed by atoms with Crippen molar-refractivity contribution in [1.82, 2.24) is 4.90 Å². The molecule has 1 aliphatic rings. The maximum absolute atomic E-state index is 12.8. The van der Waals surface area contributed by atoms with E-state index in [1.807, 2.05) is 13.8 Å². The summed E-state index contributed by atoms with van der Waals surface area (Å²) in [5.74, 6) is -0.140. The van der Waals surface area contributed by atoms with Crippen molar-refractivity contribution in [3.05, 3.63) is 29.3 Å². The van der Waals surface area contributed by atoms with Gasteiger partial charge in [-0.2, -0.15) is 13.2 Å². The predicted molar refractivity (Wildman–Crippen MR) is 74.8 cm³/mol. The number of carbonyl (C=O) groups excluding carboxylic acids is 1. The Labute approximate surface area is 121 Å². The van der Waals surface area contributed by atoms with E-state index in [1.54, 1.807) is 4.90 Å². The first-order valence-electron chi connectivity index (χ1n) is 6.99. The van der Waals surface area contributed by atoms with Crippen molar-refractivity contribution in [2.75, 3.05) is 12.3 Å². The van der Waals surface area contributed by atoms with Crippen molar-refractivity contribution in [3.63, 3.8) is 0 Å². The Hall–Kier alpha value is -1.72. The molecule has 0 aromatic heterocycles. The molecule has 1 fully saturated rings. The molecule has 1 amide bonds. The molecular formula is C15H19F3N2O. The van der Waals surface area contributed by atoms with Crippen LogP contribution < -0.4 is 5.73 Å². The summed E-state index contributed by atoms with van der Waals surface area (Å²) in [7, 11) is 0. The lowest BCUT2D eigenvalue weighted by molar-refractivity contribution is -0.137. The number of nitrogen functional groups attached to an aromatic ring is 1. The maximum atomic E-state index is 12.8. The maximum Gasteiger partial charge on any atom is 0.416 e. The van der Waals surface area contributed by atoms with E-state index in [0.29, 0.717) is 6.54 Å². The molecule has 6 heteroatoms. The third kappa shape index (κ3) is 3.14. The average Bonchev–Trinajstić information content (AvgIpc) is 2.86. The average molecular weight is 300 g/mol.